The first-order valence-electron chi connectivity index (χ1n) is 6.39. The summed E-state index contributed by atoms with van der Waals surface area (Å²) in [5.41, 5.74) is -0.578. The summed E-state index contributed by atoms with van der Waals surface area (Å²) < 4.78 is 41.0. The summed E-state index contributed by atoms with van der Waals surface area (Å²) in [5, 5.41) is 17.0. The Morgan fingerprint density at radius 3 is 2.67 bits per heavy atom. The Labute approximate surface area is 132 Å². The molecular formula is C14H9F3N4O3. The number of alkyl halides is 3. The van der Waals surface area contributed by atoms with Crippen LogP contribution in [0.1, 0.15) is 16.1 Å². The number of rotatable bonds is 4. The maximum Gasteiger partial charge on any atom is 0.422 e. The predicted molar refractivity (Wildman–Crippen MR) is 75.5 cm³/mol. The van der Waals surface area contributed by atoms with Crippen LogP contribution in [0.2, 0.25) is 0 Å². The molecule has 0 unspecified atom stereocenters. The fourth-order valence-electron chi connectivity index (χ4n) is 1.65. The number of amides is 1. The summed E-state index contributed by atoms with van der Waals surface area (Å²) in [6.07, 6.45) is -4.53. The third-order valence-electron chi connectivity index (χ3n) is 2.66. The number of nitrogens with zero attached hydrogens (tertiary/aromatic N) is 2. The lowest BCUT2D eigenvalue weighted by atomic mass is 10.2. The van der Waals surface area contributed by atoms with Crippen molar-refractivity contribution < 1.29 is 22.7 Å². The second kappa shape index (κ2) is 6.82. The van der Waals surface area contributed by atoms with Gasteiger partial charge in [0, 0.05) is 11.8 Å². The number of ether oxygens (including phenoxy) is 1. The number of halogens is 3. The second-order valence-corrected chi connectivity index (χ2v) is 4.49. The van der Waals surface area contributed by atoms with Crippen LogP contribution in [0, 0.1) is 11.3 Å². The van der Waals surface area contributed by atoms with Crippen molar-refractivity contribution in [2.75, 3.05) is 11.9 Å². The molecule has 24 heavy (non-hydrogen) atoms. The van der Waals surface area contributed by atoms with E-state index in [1.54, 1.807) is 6.07 Å². The molecule has 0 radical (unpaired) electrons. The van der Waals surface area contributed by atoms with Gasteiger partial charge >= 0.3 is 6.18 Å². The fourth-order valence-corrected chi connectivity index (χ4v) is 1.65. The highest BCUT2D eigenvalue weighted by Crippen LogP contribution is 2.25. The molecule has 1 aromatic heterocycles. The molecule has 0 aliphatic rings. The standard InChI is InChI=1S/C14H9F3N4O3/c15-14(16,17)7-24-11-3-1-9(5-8(11)6-18)19-13(23)10-2-4-12(22)21-20-10/h1-5H,7H2,(H,19,23)(H,21,22). The largest absolute Gasteiger partial charge is 0.483 e. The maximum atomic E-state index is 12.1. The van der Waals surface area contributed by atoms with Gasteiger partial charge in [0.25, 0.3) is 11.5 Å². The number of aromatic nitrogens is 2. The average molecular weight is 338 g/mol. The minimum atomic E-state index is -4.53. The molecule has 1 heterocycles. The van der Waals surface area contributed by atoms with Crippen LogP contribution in [0.15, 0.2) is 35.1 Å². The lowest BCUT2D eigenvalue weighted by Crippen LogP contribution is -2.20. The molecule has 0 aliphatic carbocycles. The molecule has 0 saturated carbocycles. The number of carbonyl (C=O) groups is 1. The highest BCUT2D eigenvalue weighted by Gasteiger charge is 2.28. The number of anilines is 1. The molecule has 0 aliphatic heterocycles. The van der Waals surface area contributed by atoms with Crippen molar-refractivity contribution in [3.63, 3.8) is 0 Å². The molecule has 0 saturated heterocycles. The van der Waals surface area contributed by atoms with E-state index in [0.717, 1.165) is 18.2 Å². The van der Waals surface area contributed by atoms with Crippen molar-refractivity contribution in [3.8, 4) is 11.8 Å². The Hall–Kier alpha value is -3.35. The number of aromatic amines is 1. The van der Waals surface area contributed by atoms with Gasteiger partial charge in [-0.2, -0.15) is 23.5 Å². The van der Waals surface area contributed by atoms with Gasteiger partial charge in [-0.1, -0.05) is 0 Å². The number of benzene rings is 1. The van der Waals surface area contributed by atoms with E-state index < -0.39 is 24.2 Å². The van der Waals surface area contributed by atoms with E-state index in [0.29, 0.717) is 0 Å². The normalized spacial score (nSPS) is 10.8. The quantitative estimate of drug-likeness (QED) is 0.884. The lowest BCUT2D eigenvalue weighted by molar-refractivity contribution is -0.153. The second-order valence-electron chi connectivity index (χ2n) is 4.49. The van der Waals surface area contributed by atoms with E-state index in [-0.39, 0.29) is 22.7 Å². The first-order chi connectivity index (χ1) is 11.3. The zero-order valence-corrected chi connectivity index (χ0v) is 11.8. The van der Waals surface area contributed by atoms with E-state index in [1.165, 1.54) is 12.1 Å². The maximum absolute atomic E-state index is 12.1. The van der Waals surface area contributed by atoms with Crippen molar-refractivity contribution in [1.82, 2.24) is 10.2 Å². The number of hydrogen-bond acceptors (Lipinski definition) is 5. The molecule has 1 aromatic carbocycles. The first kappa shape index (κ1) is 17.0. The summed E-state index contributed by atoms with van der Waals surface area (Å²) in [6.45, 7) is -1.53. The van der Waals surface area contributed by atoms with Crippen LogP contribution in [0.4, 0.5) is 18.9 Å². The molecule has 2 aromatic rings. The lowest BCUT2D eigenvalue weighted by Gasteiger charge is -2.11. The van der Waals surface area contributed by atoms with Gasteiger partial charge in [-0.25, -0.2) is 5.10 Å². The molecule has 7 nitrogen and oxygen atoms in total. The monoisotopic (exact) mass is 338 g/mol. The molecule has 0 fully saturated rings. The van der Waals surface area contributed by atoms with E-state index in [2.05, 4.69) is 20.3 Å². The fraction of sp³-hybridized carbons (Fsp3) is 0.143. The summed E-state index contributed by atoms with van der Waals surface area (Å²) in [7, 11) is 0. The zero-order chi connectivity index (χ0) is 17.7. The smallest absolute Gasteiger partial charge is 0.422 e. The van der Waals surface area contributed by atoms with Gasteiger partial charge < -0.3 is 10.1 Å². The van der Waals surface area contributed by atoms with Crippen molar-refractivity contribution in [3.05, 3.63) is 51.9 Å². The third kappa shape index (κ3) is 4.57. The topological polar surface area (TPSA) is 108 Å². The zero-order valence-electron chi connectivity index (χ0n) is 11.8. The van der Waals surface area contributed by atoms with Gasteiger partial charge in [-0.3, -0.25) is 9.59 Å². The molecule has 2 rings (SSSR count). The highest BCUT2D eigenvalue weighted by atomic mass is 19.4. The summed E-state index contributed by atoms with van der Waals surface area (Å²) >= 11 is 0. The summed E-state index contributed by atoms with van der Waals surface area (Å²) in [4.78, 5) is 22.8. The van der Waals surface area contributed by atoms with Crippen LogP contribution in [-0.4, -0.2) is 28.9 Å². The molecule has 0 spiro atoms. The van der Waals surface area contributed by atoms with Crippen molar-refractivity contribution >= 4 is 11.6 Å². The Balaban J connectivity index is 2.14. The van der Waals surface area contributed by atoms with Crippen LogP contribution < -0.4 is 15.6 Å². The molecule has 0 atom stereocenters. The Bertz CT molecular complexity index is 835. The summed E-state index contributed by atoms with van der Waals surface area (Å²) in [6, 6.07) is 7.56. The first-order valence-corrected chi connectivity index (χ1v) is 6.39. The van der Waals surface area contributed by atoms with Crippen LogP contribution in [0.25, 0.3) is 0 Å². The Morgan fingerprint density at radius 1 is 1.33 bits per heavy atom. The van der Waals surface area contributed by atoms with Crippen molar-refractivity contribution in [1.29, 1.82) is 5.26 Å². The van der Waals surface area contributed by atoms with Crippen LogP contribution >= 0.6 is 0 Å². The molecule has 124 valence electrons. The molecular weight excluding hydrogens is 329 g/mol. The highest BCUT2D eigenvalue weighted by molar-refractivity contribution is 6.02. The average Bonchev–Trinajstić information content (AvgIpc) is 2.53. The van der Waals surface area contributed by atoms with Crippen LogP contribution in [0.5, 0.6) is 5.75 Å². The predicted octanol–water partition coefficient (Wildman–Crippen LogP) is 1.83. The summed E-state index contributed by atoms with van der Waals surface area (Å²) in [5.74, 6) is -0.922. The van der Waals surface area contributed by atoms with E-state index in [9.17, 15) is 22.8 Å². The minimum Gasteiger partial charge on any atom is -0.483 e. The Morgan fingerprint density at radius 2 is 2.08 bits per heavy atom. The number of hydrogen-bond donors (Lipinski definition) is 2. The van der Waals surface area contributed by atoms with E-state index in [4.69, 9.17) is 5.26 Å². The van der Waals surface area contributed by atoms with Gasteiger partial charge in [0.1, 0.15) is 17.5 Å². The van der Waals surface area contributed by atoms with E-state index >= 15 is 0 Å². The number of nitrogens with one attached hydrogen (secondary N) is 2. The number of H-pyrrole nitrogens is 1. The third-order valence-corrected chi connectivity index (χ3v) is 2.66. The Kier molecular flexibility index (Phi) is 4.84. The molecule has 1 amide bonds. The molecule has 10 heteroatoms. The van der Waals surface area contributed by atoms with Gasteiger partial charge in [0.2, 0.25) is 0 Å². The van der Waals surface area contributed by atoms with Gasteiger partial charge in [-0.15, -0.1) is 0 Å². The van der Waals surface area contributed by atoms with Crippen LogP contribution in [0.3, 0.4) is 0 Å². The minimum absolute atomic E-state index is 0.0782. The van der Waals surface area contributed by atoms with Crippen LogP contribution in [-0.2, 0) is 0 Å². The van der Waals surface area contributed by atoms with Gasteiger partial charge in [0.05, 0.1) is 5.56 Å². The number of carbonyl (C=O) groups excluding carboxylic acids is 1. The van der Waals surface area contributed by atoms with Gasteiger partial charge in [0.15, 0.2) is 6.61 Å². The molecule has 0 bridgehead atoms. The van der Waals surface area contributed by atoms with Crippen molar-refractivity contribution in [2.45, 2.75) is 6.18 Å². The number of nitriles is 1. The van der Waals surface area contributed by atoms with Gasteiger partial charge in [-0.05, 0) is 24.3 Å². The molecule has 2 N–H and O–H groups in total. The SMILES string of the molecule is N#Cc1cc(NC(=O)c2ccc(=O)[nH]n2)ccc1OCC(F)(F)F. The van der Waals surface area contributed by atoms with Crippen molar-refractivity contribution in [2.24, 2.45) is 0 Å². The van der Waals surface area contributed by atoms with E-state index in [1.807, 2.05) is 0 Å².